The van der Waals surface area contributed by atoms with Crippen molar-refractivity contribution in [2.45, 2.75) is 13.8 Å². The van der Waals surface area contributed by atoms with Crippen LogP contribution in [0.5, 0.6) is 0 Å². The zero-order valence-electron chi connectivity index (χ0n) is 18.2. The molecule has 0 fully saturated rings. The Morgan fingerprint density at radius 1 is 1.00 bits per heavy atom. The van der Waals surface area contributed by atoms with Crippen molar-refractivity contribution in [3.05, 3.63) is 102 Å². The van der Waals surface area contributed by atoms with E-state index in [0.29, 0.717) is 28.2 Å². The molecule has 166 valence electrons. The first-order valence-electron chi connectivity index (χ1n) is 10.5. The number of rotatable bonds is 6. The molecule has 7 heteroatoms. The molecule has 0 unspecified atom stereocenters. The van der Waals surface area contributed by atoms with Gasteiger partial charge in [-0.25, -0.2) is 13.9 Å². The molecule has 0 bridgehead atoms. The van der Waals surface area contributed by atoms with Crippen molar-refractivity contribution >= 4 is 17.6 Å². The maximum absolute atomic E-state index is 13.5. The van der Waals surface area contributed by atoms with Gasteiger partial charge in [-0.3, -0.25) is 4.79 Å². The molecule has 0 spiro atoms. The number of nitrogens with one attached hydrogen (secondary N) is 1. The van der Waals surface area contributed by atoms with Crippen LogP contribution in [0.25, 0.3) is 16.9 Å². The second-order valence-electron chi connectivity index (χ2n) is 7.42. The number of hydrogen-bond donors (Lipinski definition) is 1. The first kappa shape index (κ1) is 22.0. The third-order valence-electron chi connectivity index (χ3n) is 5.00. The number of amides is 1. The summed E-state index contributed by atoms with van der Waals surface area (Å²) in [6, 6.07) is 21.9. The van der Waals surface area contributed by atoms with Crippen LogP contribution in [0, 0.1) is 12.7 Å². The summed E-state index contributed by atoms with van der Waals surface area (Å²) >= 11 is 0. The third-order valence-corrected chi connectivity index (χ3v) is 5.00. The van der Waals surface area contributed by atoms with E-state index in [4.69, 9.17) is 4.74 Å². The van der Waals surface area contributed by atoms with E-state index in [0.717, 1.165) is 5.56 Å². The van der Waals surface area contributed by atoms with Crippen molar-refractivity contribution in [2.24, 2.45) is 0 Å². The molecule has 0 aliphatic rings. The predicted octanol–water partition coefficient (Wildman–Crippen LogP) is 5.42. The molecular weight excluding hydrogens is 421 g/mol. The second-order valence-corrected chi connectivity index (χ2v) is 7.42. The SMILES string of the molecule is CCOC(=O)c1cc(-c2cccc(NC(=O)c3ccc(C)cc3)c2)n(-c2ccc(F)cc2)n1. The summed E-state index contributed by atoms with van der Waals surface area (Å²) in [5.41, 5.74) is 4.22. The molecule has 1 N–H and O–H groups in total. The van der Waals surface area contributed by atoms with Crippen molar-refractivity contribution in [2.75, 3.05) is 11.9 Å². The molecule has 0 aliphatic heterocycles. The first-order valence-corrected chi connectivity index (χ1v) is 10.5. The smallest absolute Gasteiger partial charge is 0.358 e. The Balaban J connectivity index is 1.70. The maximum atomic E-state index is 13.5. The van der Waals surface area contributed by atoms with Gasteiger partial charge in [0.1, 0.15) is 5.82 Å². The number of carbonyl (C=O) groups excluding carboxylic acids is 2. The predicted molar refractivity (Wildman–Crippen MR) is 124 cm³/mol. The molecule has 0 saturated carbocycles. The van der Waals surface area contributed by atoms with Crippen molar-refractivity contribution in [1.82, 2.24) is 9.78 Å². The van der Waals surface area contributed by atoms with E-state index in [1.54, 1.807) is 60.1 Å². The van der Waals surface area contributed by atoms with Crippen LogP contribution in [0.4, 0.5) is 10.1 Å². The van der Waals surface area contributed by atoms with Gasteiger partial charge >= 0.3 is 5.97 Å². The monoisotopic (exact) mass is 443 g/mol. The third kappa shape index (κ3) is 4.98. The number of aromatic nitrogens is 2. The van der Waals surface area contributed by atoms with E-state index in [1.165, 1.54) is 12.1 Å². The molecular formula is C26H22FN3O3. The number of anilines is 1. The average molecular weight is 443 g/mol. The highest BCUT2D eigenvalue weighted by Gasteiger charge is 2.18. The van der Waals surface area contributed by atoms with Crippen molar-refractivity contribution < 1.29 is 18.7 Å². The van der Waals surface area contributed by atoms with Crippen molar-refractivity contribution in [3.63, 3.8) is 0 Å². The summed E-state index contributed by atoms with van der Waals surface area (Å²) in [7, 11) is 0. The van der Waals surface area contributed by atoms with Crippen LogP contribution in [-0.4, -0.2) is 28.3 Å². The lowest BCUT2D eigenvalue weighted by Crippen LogP contribution is -2.11. The van der Waals surface area contributed by atoms with E-state index in [9.17, 15) is 14.0 Å². The summed E-state index contributed by atoms with van der Waals surface area (Å²) in [5.74, 6) is -1.16. The van der Waals surface area contributed by atoms with E-state index < -0.39 is 5.97 Å². The molecule has 1 aromatic heterocycles. The highest BCUT2D eigenvalue weighted by atomic mass is 19.1. The van der Waals surface area contributed by atoms with E-state index in [-0.39, 0.29) is 24.0 Å². The second kappa shape index (κ2) is 9.48. The lowest BCUT2D eigenvalue weighted by atomic mass is 10.1. The molecule has 1 amide bonds. The molecule has 0 radical (unpaired) electrons. The fraction of sp³-hybridized carbons (Fsp3) is 0.115. The first-order chi connectivity index (χ1) is 15.9. The van der Waals surface area contributed by atoms with Crippen LogP contribution in [0.2, 0.25) is 0 Å². The van der Waals surface area contributed by atoms with Crippen LogP contribution in [0.1, 0.15) is 33.3 Å². The summed E-state index contributed by atoms with van der Waals surface area (Å²) in [6.07, 6.45) is 0. The molecule has 33 heavy (non-hydrogen) atoms. The minimum Gasteiger partial charge on any atom is -0.461 e. The summed E-state index contributed by atoms with van der Waals surface area (Å²) in [4.78, 5) is 24.9. The highest BCUT2D eigenvalue weighted by Crippen LogP contribution is 2.27. The minimum absolute atomic E-state index is 0.130. The normalized spacial score (nSPS) is 10.6. The lowest BCUT2D eigenvalue weighted by Gasteiger charge is -2.10. The fourth-order valence-corrected chi connectivity index (χ4v) is 3.34. The topological polar surface area (TPSA) is 73.2 Å². The van der Waals surface area contributed by atoms with Gasteiger partial charge in [0.05, 0.1) is 18.0 Å². The van der Waals surface area contributed by atoms with Gasteiger partial charge in [0, 0.05) is 16.8 Å². The van der Waals surface area contributed by atoms with E-state index in [1.807, 2.05) is 25.1 Å². The van der Waals surface area contributed by atoms with Crippen LogP contribution in [0.3, 0.4) is 0 Å². The largest absolute Gasteiger partial charge is 0.461 e. The zero-order chi connectivity index (χ0) is 23.4. The standard InChI is InChI=1S/C26H22FN3O3/c1-3-33-26(32)23-16-24(30(29-23)22-13-11-20(27)12-14-22)19-5-4-6-21(15-19)28-25(31)18-9-7-17(2)8-10-18/h4-16H,3H2,1-2H3,(H,28,31). The van der Waals surface area contributed by atoms with Gasteiger partial charge < -0.3 is 10.1 Å². The lowest BCUT2D eigenvalue weighted by molar-refractivity contribution is 0.0519. The number of benzene rings is 3. The maximum Gasteiger partial charge on any atom is 0.358 e. The van der Waals surface area contributed by atoms with Crippen LogP contribution < -0.4 is 5.32 Å². The van der Waals surface area contributed by atoms with Crippen LogP contribution in [0.15, 0.2) is 78.9 Å². The van der Waals surface area contributed by atoms with Gasteiger partial charge in [-0.1, -0.05) is 29.8 Å². The Morgan fingerprint density at radius 3 is 2.42 bits per heavy atom. The quantitative estimate of drug-likeness (QED) is 0.404. The number of halogens is 1. The van der Waals surface area contributed by atoms with Crippen LogP contribution >= 0.6 is 0 Å². The Kier molecular flexibility index (Phi) is 6.31. The number of aryl methyl sites for hydroxylation is 1. The number of carbonyl (C=O) groups is 2. The number of nitrogens with zero attached hydrogens (tertiary/aromatic N) is 2. The highest BCUT2D eigenvalue weighted by molar-refractivity contribution is 6.04. The summed E-state index contributed by atoms with van der Waals surface area (Å²) in [6.45, 7) is 3.90. The molecule has 4 aromatic rings. The van der Waals surface area contributed by atoms with Gasteiger partial charge in [0.2, 0.25) is 0 Å². The van der Waals surface area contributed by atoms with Crippen molar-refractivity contribution in [3.8, 4) is 16.9 Å². The van der Waals surface area contributed by atoms with Gasteiger partial charge in [0.25, 0.3) is 5.91 Å². The van der Waals surface area contributed by atoms with E-state index >= 15 is 0 Å². The molecule has 3 aromatic carbocycles. The number of esters is 1. The Bertz CT molecular complexity index is 1300. The molecule has 0 atom stereocenters. The average Bonchev–Trinajstić information content (AvgIpc) is 3.26. The Hall–Kier alpha value is -4.26. The van der Waals surface area contributed by atoms with Gasteiger partial charge in [0.15, 0.2) is 5.69 Å². The number of ether oxygens (including phenoxy) is 1. The Labute approximate surface area is 190 Å². The van der Waals surface area contributed by atoms with Crippen molar-refractivity contribution in [1.29, 1.82) is 0 Å². The molecule has 6 nitrogen and oxygen atoms in total. The summed E-state index contributed by atoms with van der Waals surface area (Å²) in [5, 5.41) is 7.28. The Morgan fingerprint density at radius 2 is 1.73 bits per heavy atom. The van der Waals surface area contributed by atoms with E-state index in [2.05, 4.69) is 10.4 Å². The fourth-order valence-electron chi connectivity index (χ4n) is 3.34. The molecule has 0 aliphatic carbocycles. The molecule has 1 heterocycles. The minimum atomic E-state index is -0.552. The number of hydrogen-bond acceptors (Lipinski definition) is 4. The molecule has 0 saturated heterocycles. The summed E-state index contributed by atoms with van der Waals surface area (Å²) < 4.78 is 20.1. The van der Waals surface area contributed by atoms with Crippen LogP contribution in [-0.2, 0) is 4.74 Å². The zero-order valence-corrected chi connectivity index (χ0v) is 18.2. The van der Waals surface area contributed by atoms with Gasteiger partial charge in [-0.05, 0) is 68.4 Å². The van der Waals surface area contributed by atoms with Gasteiger partial charge in [-0.15, -0.1) is 0 Å². The van der Waals surface area contributed by atoms with Gasteiger partial charge in [-0.2, -0.15) is 5.10 Å². The molecule has 4 rings (SSSR count).